The summed E-state index contributed by atoms with van der Waals surface area (Å²) in [4.78, 5) is 2.38. The summed E-state index contributed by atoms with van der Waals surface area (Å²) in [5, 5.41) is 5.11. The summed E-state index contributed by atoms with van der Waals surface area (Å²) in [6.07, 6.45) is 0. The molecule has 0 spiro atoms. The van der Waals surface area contributed by atoms with Crippen LogP contribution >= 0.6 is 11.3 Å². The molecule has 0 fully saturated rings. The lowest BCUT2D eigenvalue weighted by Gasteiger charge is -2.26. The normalized spacial score (nSPS) is 11.5. The second kappa shape index (κ2) is 18.8. The van der Waals surface area contributed by atoms with Crippen molar-refractivity contribution in [1.82, 2.24) is 4.57 Å². The molecular weight excluding hydrogens is 925 g/mol. The Kier molecular flexibility index (Phi) is 11.1. The Morgan fingerprint density at radius 2 is 0.693 bits per heavy atom. The highest BCUT2D eigenvalue weighted by molar-refractivity contribution is 7.25. The zero-order chi connectivity index (χ0) is 49.7. The van der Waals surface area contributed by atoms with Crippen molar-refractivity contribution in [2.45, 2.75) is 0 Å². The van der Waals surface area contributed by atoms with E-state index in [1.54, 1.807) is 0 Å². The summed E-state index contributed by atoms with van der Waals surface area (Å²) < 4.78 is 5.08. The third-order valence-corrected chi connectivity index (χ3v) is 16.0. The molecule has 0 bridgehead atoms. The van der Waals surface area contributed by atoms with E-state index in [-0.39, 0.29) is 0 Å². The Hall–Kier alpha value is -9.54. The minimum Gasteiger partial charge on any atom is -0.310 e. The number of aromatic nitrogens is 1. The Morgan fingerprint density at radius 1 is 0.253 bits per heavy atom. The highest BCUT2D eigenvalue weighted by Gasteiger charge is 2.19. The van der Waals surface area contributed by atoms with Gasteiger partial charge in [-0.1, -0.05) is 212 Å². The van der Waals surface area contributed by atoms with E-state index in [1.807, 2.05) is 11.3 Å². The number of hydrogen-bond donors (Lipinski definition) is 0. The molecule has 14 rings (SSSR count). The molecule has 14 aromatic rings. The summed E-state index contributed by atoms with van der Waals surface area (Å²) in [6, 6.07) is 106. The van der Waals surface area contributed by atoms with Crippen molar-refractivity contribution in [1.29, 1.82) is 0 Å². The summed E-state index contributed by atoms with van der Waals surface area (Å²) >= 11 is 1.86. The molecule has 0 unspecified atom stereocenters. The zero-order valence-electron chi connectivity index (χ0n) is 41.0. The van der Waals surface area contributed by atoms with Crippen LogP contribution in [-0.4, -0.2) is 4.57 Å². The van der Waals surface area contributed by atoms with Gasteiger partial charge in [0.15, 0.2) is 0 Å². The van der Waals surface area contributed by atoms with Crippen LogP contribution in [0.25, 0.3) is 114 Å². The van der Waals surface area contributed by atoms with Crippen molar-refractivity contribution >= 4 is 70.4 Å². The number of nitrogens with zero attached hydrogens (tertiary/aromatic N) is 2. The molecular formula is C72H48N2S. The van der Waals surface area contributed by atoms with E-state index in [0.29, 0.717) is 0 Å². The second-order valence-corrected chi connectivity index (χ2v) is 20.4. The number of thiophene rings is 1. The number of para-hydroxylation sites is 1. The van der Waals surface area contributed by atoms with Crippen LogP contribution in [-0.2, 0) is 0 Å². The van der Waals surface area contributed by atoms with Gasteiger partial charge in [0.1, 0.15) is 0 Å². The third kappa shape index (κ3) is 8.17. The van der Waals surface area contributed by atoms with Crippen molar-refractivity contribution in [3.8, 4) is 72.4 Å². The average Bonchev–Trinajstić information content (AvgIpc) is 4.04. The van der Waals surface area contributed by atoms with E-state index in [1.165, 1.54) is 103 Å². The van der Waals surface area contributed by atoms with E-state index in [9.17, 15) is 0 Å². The fourth-order valence-electron chi connectivity index (χ4n) is 11.1. The first-order valence-corrected chi connectivity index (χ1v) is 26.5. The number of rotatable bonds is 10. The largest absolute Gasteiger partial charge is 0.310 e. The molecule has 0 aliphatic heterocycles. The first kappa shape index (κ1) is 44.2. The standard InChI is InChI=1S/C72H48N2S/c1-3-14-49(15-4-1)51-28-32-53(33-29-51)55-36-40-60(41-37-55)73(61-42-38-56(39-43-61)54-34-30-52(31-35-54)50-16-5-2-6-17-50)62-21-12-19-58(47-62)57-18-11-20-59(46-57)64-24-13-26-69-72(64)66-23-7-9-25-68(66)74(69)63-44-45-71-67(48-63)65-22-8-10-27-70(65)75-71/h1-48H. The lowest BCUT2D eigenvalue weighted by atomic mass is 9.95. The van der Waals surface area contributed by atoms with Crippen molar-refractivity contribution in [3.63, 3.8) is 0 Å². The van der Waals surface area contributed by atoms with Gasteiger partial charge in [0.05, 0.1) is 11.0 Å². The van der Waals surface area contributed by atoms with Crippen LogP contribution in [0.3, 0.4) is 0 Å². The fraction of sp³-hybridized carbons (Fsp3) is 0. The molecule has 12 aromatic carbocycles. The van der Waals surface area contributed by atoms with E-state index >= 15 is 0 Å². The molecule has 0 amide bonds. The van der Waals surface area contributed by atoms with Gasteiger partial charge in [-0.15, -0.1) is 11.3 Å². The van der Waals surface area contributed by atoms with Crippen LogP contribution < -0.4 is 4.90 Å². The van der Waals surface area contributed by atoms with Gasteiger partial charge in [-0.25, -0.2) is 0 Å². The summed E-state index contributed by atoms with van der Waals surface area (Å²) in [6.45, 7) is 0. The van der Waals surface area contributed by atoms with Gasteiger partial charge in [-0.3, -0.25) is 0 Å². The van der Waals surface area contributed by atoms with E-state index in [0.717, 1.165) is 28.2 Å². The maximum Gasteiger partial charge on any atom is 0.0547 e. The Balaban J connectivity index is 0.831. The maximum absolute atomic E-state index is 2.45. The SMILES string of the molecule is c1ccc(-c2ccc(-c3ccc(N(c4ccc(-c5ccc(-c6ccccc6)cc5)cc4)c4cccc(-c5cccc(-c6cccc7c6c6ccccc6n7-c6ccc7sc8ccccc8c7c6)c5)c4)cc3)cc2)cc1. The second-order valence-electron chi connectivity index (χ2n) is 19.3. The molecule has 0 saturated heterocycles. The minimum atomic E-state index is 1.08. The van der Waals surface area contributed by atoms with Gasteiger partial charge >= 0.3 is 0 Å². The molecule has 3 heteroatoms. The predicted molar refractivity (Wildman–Crippen MR) is 321 cm³/mol. The number of fused-ring (bicyclic) bond motifs is 6. The number of hydrogen-bond acceptors (Lipinski definition) is 2. The topological polar surface area (TPSA) is 8.17 Å². The Bertz CT molecular complexity index is 4230. The van der Waals surface area contributed by atoms with Crippen LogP contribution in [0.1, 0.15) is 0 Å². The van der Waals surface area contributed by atoms with E-state index in [2.05, 4.69) is 301 Å². The third-order valence-electron chi connectivity index (χ3n) is 14.8. The van der Waals surface area contributed by atoms with Gasteiger partial charge in [0.25, 0.3) is 0 Å². The van der Waals surface area contributed by atoms with Gasteiger partial charge in [0, 0.05) is 53.7 Å². The van der Waals surface area contributed by atoms with Gasteiger partial charge in [-0.05, 0) is 146 Å². The summed E-state index contributed by atoms with van der Waals surface area (Å²) in [7, 11) is 0. The predicted octanol–water partition coefficient (Wildman–Crippen LogP) is 20.6. The van der Waals surface area contributed by atoms with Crippen molar-refractivity contribution in [2.75, 3.05) is 4.90 Å². The smallest absolute Gasteiger partial charge is 0.0547 e. The average molecular weight is 973 g/mol. The molecule has 2 heterocycles. The van der Waals surface area contributed by atoms with Crippen LogP contribution in [0.4, 0.5) is 17.1 Å². The molecule has 0 aliphatic carbocycles. The molecule has 0 atom stereocenters. The molecule has 2 nitrogen and oxygen atoms in total. The molecule has 2 aromatic heterocycles. The first-order chi connectivity index (χ1) is 37.2. The van der Waals surface area contributed by atoms with E-state index < -0.39 is 0 Å². The van der Waals surface area contributed by atoms with Crippen LogP contribution in [0.15, 0.2) is 291 Å². The molecule has 75 heavy (non-hydrogen) atoms. The molecule has 0 aliphatic rings. The van der Waals surface area contributed by atoms with Crippen molar-refractivity contribution in [2.24, 2.45) is 0 Å². The Morgan fingerprint density at radius 3 is 1.31 bits per heavy atom. The molecule has 0 radical (unpaired) electrons. The number of benzene rings is 12. The van der Waals surface area contributed by atoms with Crippen molar-refractivity contribution < 1.29 is 0 Å². The van der Waals surface area contributed by atoms with Crippen LogP contribution in [0.5, 0.6) is 0 Å². The first-order valence-electron chi connectivity index (χ1n) is 25.6. The Labute approximate surface area is 440 Å². The number of anilines is 3. The minimum absolute atomic E-state index is 1.08. The highest BCUT2D eigenvalue weighted by atomic mass is 32.1. The van der Waals surface area contributed by atoms with Crippen LogP contribution in [0, 0.1) is 0 Å². The molecule has 0 saturated carbocycles. The van der Waals surface area contributed by atoms with Gasteiger partial charge in [-0.2, -0.15) is 0 Å². The lowest BCUT2D eigenvalue weighted by molar-refractivity contribution is 1.19. The zero-order valence-corrected chi connectivity index (χ0v) is 41.8. The quantitative estimate of drug-likeness (QED) is 0.133. The maximum atomic E-state index is 2.45. The fourth-order valence-corrected chi connectivity index (χ4v) is 12.2. The van der Waals surface area contributed by atoms with Gasteiger partial charge in [0.2, 0.25) is 0 Å². The monoisotopic (exact) mass is 972 g/mol. The summed E-state index contributed by atoms with van der Waals surface area (Å²) in [5.41, 5.74) is 21.1. The van der Waals surface area contributed by atoms with Crippen molar-refractivity contribution in [3.05, 3.63) is 291 Å². The molecule has 352 valence electrons. The lowest BCUT2D eigenvalue weighted by Crippen LogP contribution is -2.10. The van der Waals surface area contributed by atoms with E-state index in [4.69, 9.17) is 0 Å². The van der Waals surface area contributed by atoms with Gasteiger partial charge < -0.3 is 9.47 Å². The molecule has 0 N–H and O–H groups in total. The highest BCUT2D eigenvalue weighted by Crippen LogP contribution is 2.43. The van der Waals surface area contributed by atoms with Crippen LogP contribution in [0.2, 0.25) is 0 Å². The summed E-state index contributed by atoms with van der Waals surface area (Å²) in [5.74, 6) is 0.